The van der Waals surface area contributed by atoms with E-state index >= 15 is 0 Å². The molecule has 5 aromatic rings. The maximum absolute atomic E-state index is 13.2. The average Bonchev–Trinajstić information content (AvgIpc) is 3.44. The predicted octanol–water partition coefficient (Wildman–Crippen LogP) is 4.56. The number of aromatic nitrogens is 4. The summed E-state index contributed by atoms with van der Waals surface area (Å²) < 4.78 is 0. The minimum atomic E-state index is -0.263. The molecule has 0 fully saturated rings. The van der Waals surface area contributed by atoms with Crippen LogP contribution in [0.4, 0.5) is 5.82 Å². The number of nitrogens with one attached hydrogen (secondary N) is 3. The van der Waals surface area contributed by atoms with Gasteiger partial charge < -0.3 is 15.6 Å². The molecule has 33 heavy (non-hydrogen) atoms. The number of nitrogens with zero attached hydrogens (tertiary/aromatic N) is 3. The molecule has 3 heterocycles. The lowest BCUT2D eigenvalue weighted by Gasteiger charge is -2.16. The monoisotopic (exact) mass is 432 g/mol. The van der Waals surface area contributed by atoms with E-state index in [0.717, 1.165) is 44.7 Å². The van der Waals surface area contributed by atoms with Gasteiger partial charge in [0.05, 0.1) is 23.3 Å². The first-order valence-corrected chi connectivity index (χ1v) is 10.7. The fourth-order valence-corrected chi connectivity index (χ4v) is 4.52. The molecule has 1 atom stereocenters. The fourth-order valence-electron chi connectivity index (χ4n) is 4.52. The molecule has 1 aliphatic carbocycles. The van der Waals surface area contributed by atoms with E-state index in [1.807, 2.05) is 24.3 Å². The van der Waals surface area contributed by atoms with E-state index in [0.29, 0.717) is 11.4 Å². The average molecular weight is 432 g/mol. The molecule has 1 aliphatic rings. The topological polar surface area (TPSA) is 95.6 Å². The first-order valence-electron chi connectivity index (χ1n) is 10.7. The largest absolute Gasteiger partial charge is 0.373 e. The third kappa shape index (κ3) is 3.13. The van der Waals surface area contributed by atoms with Crippen molar-refractivity contribution < 1.29 is 4.79 Å². The first kappa shape index (κ1) is 19.2. The smallest absolute Gasteiger partial charge is 0.252 e. The molecular weight excluding hydrogens is 412 g/mol. The molecule has 6 rings (SSSR count). The standard InChI is InChI=1S/C26H20N6O/c1-27-22-13-15(9-12-29-22)26(33)32-24-17-6-3-2-5-16(17)23-18(24)7-4-8-19(23)25-30-20-10-11-28-14-21(20)31-25/h2-14,24H,1H3,(H,27,29)(H,30,31)(H,32,33). The number of hydrogen-bond donors (Lipinski definition) is 3. The molecule has 0 saturated carbocycles. The number of amides is 1. The minimum Gasteiger partial charge on any atom is -0.373 e. The zero-order valence-electron chi connectivity index (χ0n) is 17.8. The van der Waals surface area contributed by atoms with Crippen molar-refractivity contribution in [3.63, 3.8) is 0 Å². The van der Waals surface area contributed by atoms with Crippen molar-refractivity contribution in [1.29, 1.82) is 0 Å². The van der Waals surface area contributed by atoms with Crippen molar-refractivity contribution in [3.05, 3.63) is 95.9 Å². The summed E-state index contributed by atoms with van der Waals surface area (Å²) in [4.78, 5) is 29.7. The highest BCUT2D eigenvalue weighted by molar-refractivity contribution is 5.97. The molecule has 1 unspecified atom stereocenters. The van der Waals surface area contributed by atoms with Crippen LogP contribution in [0, 0.1) is 0 Å². The number of anilines is 1. The van der Waals surface area contributed by atoms with Crippen LogP contribution < -0.4 is 10.6 Å². The Morgan fingerprint density at radius 1 is 0.970 bits per heavy atom. The molecule has 0 aliphatic heterocycles. The molecule has 3 N–H and O–H groups in total. The Hall–Kier alpha value is -4.52. The molecule has 0 spiro atoms. The van der Waals surface area contributed by atoms with Crippen molar-refractivity contribution >= 4 is 22.8 Å². The lowest BCUT2D eigenvalue weighted by molar-refractivity contribution is 0.0943. The molecule has 7 nitrogen and oxygen atoms in total. The van der Waals surface area contributed by atoms with Gasteiger partial charge in [-0.1, -0.05) is 42.5 Å². The molecule has 0 radical (unpaired) electrons. The summed E-state index contributed by atoms with van der Waals surface area (Å²) >= 11 is 0. The summed E-state index contributed by atoms with van der Waals surface area (Å²) in [6.45, 7) is 0. The van der Waals surface area contributed by atoms with Crippen molar-refractivity contribution in [2.45, 2.75) is 6.04 Å². The van der Waals surface area contributed by atoms with Crippen molar-refractivity contribution in [3.8, 4) is 22.5 Å². The van der Waals surface area contributed by atoms with Gasteiger partial charge in [-0.05, 0) is 40.5 Å². The second-order valence-electron chi connectivity index (χ2n) is 7.92. The Bertz CT molecular complexity index is 1490. The SMILES string of the molecule is CNc1cc(C(=O)NC2c3ccccc3-c3c(-c4nc5ccncc5[nH]4)cccc32)ccn1. The summed E-state index contributed by atoms with van der Waals surface area (Å²) in [5, 5.41) is 6.21. The van der Waals surface area contributed by atoms with Crippen LogP contribution in [-0.2, 0) is 0 Å². The van der Waals surface area contributed by atoms with E-state index in [-0.39, 0.29) is 11.9 Å². The number of fused-ring (bicyclic) bond motifs is 4. The van der Waals surface area contributed by atoms with Gasteiger partial charge in [-0.2, -0.15) is 0 Å². The van der Waals surface area contributed by atoms with Crippen molar-refractivity contribution in [1.82, 2.24) is 25.3 Å². The molecule has 0 bridgehead atoms. The lowest BCUT2D eigenvalue weighted by Crippen LogP contribution is -2.28. The number of hydrogen-bond acceptors (Lipinski definition) is 5. The van der Waals surface area contributed by atoms with E-state index in [9.17, 15) is 4.79 Å². The van der Waals surface area contributed by atoms with Gasteiger partial charge in [0.1, 0.15) is 11.6 Å². The lowest BCUT2D eigenvalue weighted by atomic mass is 9.98. The van der Waals surface area contributed by atoms with Crippen LogP contribution in [0.25, 0.3) is 33.5 Å². The summed E-state index contributed by atoms with van der Waals surface area (Å²) in [7, 11) is 1.78. The van der Waals surface area contributed by atoms with Crippen LogP contribution in [0.3, 0.4) is 0 Å². The van der Waals surface area contributed by atoms with Gasteiger partial charge in [0.15, 0.2) is 0 Å². The Morgan fingerprint density at radius 3 is 2.70 bits per heavy atom. The Kier molecular flexibility index (Phi) is 4.40. The van der Waals surface area contributed by atoms with Gasteiger partial charge in [0.25, 0.3) is 5.91 Å². The predicted molar refractivity (Wildman–Crippen MR) is 128 cm³/mol. The second-order valence-corrected chi connectivity index (χ2v) is 7.92. The summed E-state index contributed by atoms with van der Waals surface area (Å²) in [6, 6.07) is 19.4. The summed E-state index contributed by atoms with van der Waals surface area (Å²) in [6.07, 6.45) is 5.15. The third-order valence-electron chi connectivity index (χ3n) is 6.04. The highest BCUT2D eigenvalue weighted by atomic mass is 16.1. The Labute approximate surface area is 190 Å². The number of rotatable bonds is 4. The normalized spacial score (nSPS) is 14.0. The number of carbonyl (C=O) groups is 1. The van der Waals surface area contributed by atoms with Crippen LogP contribution >= 0.6 is 0 Å². The maximum atomic E-state index is 13.2. The van der Waals surface area contributed by atoms with Gasteiger partial charge in [-0.3, -0.25) is 9.78 Å². The van der Waals surface area contributed by atoms with Gasteiger partial charge in [0.2, 0.25) is 0 Å². The number of benzene rings is 2. The van der Waals surface area contributed by atoms with Crippen LogP contribution in [0.5, 0.6) is 0 Å². The zero-order valence-corrected chi connectivity index (χ0v) is 17.8. The van der Waals surface area contributed by atoms with E-state index in [2.05, 4.69) is 49.9 Å². The maximum Gasteiger partial charge on any atom is 0.252 e. The number of imidazole rings is 1. The van der Waals surface area contributed by atoms with Gasteiger partial charge in [0, 0.05) is 30.6 Å². The molecule has 1 amide bonds. The Morgan fingerprint density at radius 2 is 1.82 bits per heavy atom. The highest BCUT2D eigenvalue weighted by Crippen LogP contribution is 2.47. The molecule has 160 valence electrons. The van der Waals surface area contributed by atoms with E-state index in [1.54, 1.807) is 37.8 Å². The fraction of sp³-hybridized carbons (Fsp3) is 0.0769. The van der Waals surface area contributed by atoms with Gasteiger partial charge in [-0.25, -0.2) is 9.97 Å². The van der Waals surface area contributed by atoms with Crippen molar-refractivity contribution in [2.24, 2.45) is 0 Å². The molecular formula is C26H20N6O. The van der Waals surface area contributed by atoms with E-state index in [4.69, 9.17) is 4.98 Å². The van der Waals surface area contributed by atoms with E-state index < -0.39 is 0 Å². The van der Waals surface area contributed by atoms with Crippen LogP contribution in [0.2, 0.25) is 0 Å². The van der Waals surface area contributed by atoms with E-state index in [1.165, 1.54) is 0 Å². The number of H-pyrrole nitrogens is 1. The molecule has 3 aromatic heterocycles. The summed E-state index contributed by atoms with van der Waals surface area (Å²) in [5.74, 6) is 1.28. The highest BCUT2D eigenvalue weighted by Gasteiger charge is 2.32. The van der Waals surface area contributed by atoms with Crippen LogP contribution in [0.1, 0.15) is 27.5 Å². The zero-order chi connectivity index (χ0) is 22.4. The van der Waals surface area contributed by atoms with Gasteiger partial charge in [-0.15, -0.1) is 0 Å². The Balaban J connectivity index is 1.46. The number of carbonyl (C=O) groups excluding carboxylic acids is 1. The third-order valence-corrected chi connectivity index (χ3v) is 6.04. The number of aromatic amines is 1. The molecule has 7 heteroatoms. The first-order chi connectivity index (χ1) is 16.2. The molecule has 0 saturated heterocycles. The second kappa shape index (κ2) is 7.56. The van der Waals surface area contributed by atoms with Crippen LogP contribution in [-0.4, -0.2) is 32.9 Å². The van der Waals surface area contributed by atoms with Gasteiger partial charge >= 0.3 is 0 Å². The molecule has 2 aromatic carbocycles. The van der Waals surface area contributed by atoms with Crippen molar-refractivity contribution in [2.75, 3.05) is 12.4 Å². The number of pyridine rings is 2. The van der Waals surface area contributed by atoms with Crippen LogP contribution in [0.15, 0.2) is 79.3 Å². The quantitative estimate of drug-likeness (QED) is 0.387. The summed E-state index contributed by atoms with van der Waals surface area (Å²) in [5.41, 5.74) is 7.59. The minimum absolute atomic E-state index is 0.151.